The Morgan fingerprint density at radius 1 is 1.58 bits per heavy atom. The summed E-state index contributed by atoms with van der Waals surface area (Å²) < 4.78 is 0. The first-order valence-corrected chi connectivity index (χ1v) is 6.86. The number of rotatable bonds is 2. The van der Waals surface area contributed by atoms with E-state index in [1.54, 1.807) is 17.9 Å². The summed E-state index contributed by atoms with van der Waals surface area (Å²) in [6.45, 7) is 4.94. The first-order valence-electron chi connectivity index (χ1n) is 6.48. The molecule has 0 radical (unpaired) electrons. The lowest BCUT2D eigenvalue weighted by Crippen LogP contribution is -2.34. The van der Waals surface area contributed by atoms with Crippen molar-refractivity contribution in [2.24, 2.45) is 5.92 Å². The van der Waals surface area contributed by atoms with Gasteiger partial charge in [-0.25, -0.2) is 4.79 Å². The summed E-state index contributed by atoms with van der Waals surface area (Å²) in [4.78, 5) is 13.9. The summed E-state index contributed by atoms with van der Waals surface area (Å²) in [5.41, 5.74) is 1.60. The van der Waals surface area contributed by atoms with E-state index < -0.39 is 0 Å². The van der Waals surface area contributed by atoms with Crippen LogP contribution >= 0.6 is 11.6 Å². The summed E-state index contributed by atoms with van der Waals surface area (Å²) in [5, 5.41) is 12.9. The van der Waals surface area contributed by atoms with E-state index in [0.29, 0.717) is 23.8 Å². The number of anilines is 1. The molecule has 1 heterocycles. The van der Waals surface area contributed by atoms with Gasteiger partial charge < -0.3 is 15.3 Å². The van der Waals surface area contributed by atoms with Crippen LogP contribution in [0.4, 0.5) is 10.5 Å². The predicted octanol–water partition coefficient (Wildman–Crippen LogP) is 2.88. The van der Waals surface area contributed by atoms with Crippen molar-refractivity contribution < 1.29 is 9.90 Å². The molecule has 1 saturated heterocycles. The Morgan fingerprint density at radius 3 is 2.89 bits per heavy atom. The number of aryl methyl sites for hydroxylation is 1. The minimum absolute atomic E-state index is 0.153. The van der Waals surface area contributed by atoms with Crippen molar-refractivity contribution in [2.45, 2.75) is 26.4 Å². The van der Waals surface area contributed by atoms with E-state index in [9.17, 15) is 9.90 Å². The van der Waals surface area contributed by atoms with Crippen LogP contribution in [0.2, 0.25) is 5.02 Å². The quantitative estimate of drug-likeness (QED) is 0.876. The molecule has 1 aliphatic rings. The number of hydrogen-bond donors (Lipinski definition) is 2. The van der Waals surface area contributed by atoms with Crippen LogP contribution in [0.25, 0.3) is 0 Å². The highest BCUT2D eigenvalue weighted by molar-refractivity contribution is 6.33. The van der Waals surface area contributed by atoms with Gasteiger partial charge in [0.1, 0.15) is 0 Å². The molecule has 0 bridgehead atoms. The van der Waals surface area contributed by atoms with Crippen molar-refractivity contribution in [3.63, 3.8) is 0 Å². The third-order valence-electron chi connectivity index (χ3n) is 3.65. The fraction of sp³-hybridized carbons (Fsp3) is 0.500. The number of amides is 2. The summed E-state index contributed by atoms with van der Waals surface area (Å²) >= 11 is 6.09. The maximum absolute atomic E-state index is 12.2. The first kappa shape index (κ1) is 14.2. The highest BCUT2D eigenvalue weighted by atomic mass is 35.5. The Hall–Kier alpha value is -1.26. The Bertz CT molecular complexity index is 456. The van der Waals surface area contributed by atoms with Crippen LogP contribution < -0.4 is 5.32 Å². The van der Waals surface area contributed by atoms with Gasteiger partial charge in [-0.1, -0.05) is 23.7 Å². The molecule has 1 aromatic rings. The van der Waals surface area contributed by atoms with E-state index in [0.717, 1.165) is 12.0 Å². The Labute approximate surface area is 118 Å². The highest BCUT2D eigenvalue weighted by Crippen LogP contribution is 2.27. The lowest BCUT2D eigenvalue weighted by atomic mass is 10.0. The number of likely N-dealkylation sites (tertiary alicyclic amines) is 1. The molecule has 19 heavy (non-hydrogen) atoms. The van der Waals surface area contributed by atoms with Gasteiger partial charge in [0.15, 0.2) is 0 Å². The molecule has 2 atom stereocenters. The molecule has 0 spiro atoms. The van der Waals surface area contributed by atoms with E-state index in [4.69, 9.17) is 11.6 Å². The molecule has 4 nitrogen and oxygen atoms in total. The van der Waals surface area contributed by atoms with Crippen LogP contribution in [0.3, 0.4) is 0 Å². The number of nitrogens with one attached hydrogen (secondary N) is 1. The van der Waals surface area contributed by atoms with Gasteiger partial charge >= 0.3 is 6.03 Å². The lowest BCUT2D eigenvalue weighted by Gasteiger charge is -2.19. The standard InChI is InChI=1S/C14H19ClN2O2/c1-9-4-3-5-12(15)13(9)16-14(19)17-7-6-11(8-17)10(2)18/h3-5,10-11,18H,6-8H2,1-2H3,(H,16,19)/t10-,11+/m1/s1. The second-order valence-electron chi connectivity index (χ2n) is 5.10. The average Bonchev–Trinajstić information content (AvgIpc) is 2.83. The van der Waals surface area contributed by atoms with Crippen LogP contribution in [0, 0.1) is 12.8 Å². The van der Waals surface area contributed by atoms with E-state index in [-0.39, 0.29) is 18.1 Å². The molecule has 5 heteroatoms. The number of benzene rings is 1. The number of aliphatic hydroxyl groups is 1. The van der Waals surface area contributed by atoms with Gasteiger partial charge in [-0.2, -0.15) is 0 Å². The number of carbonyl (C=O) groups is 1. The van der Waals surface area contributed by atoms with Crippen molar-refractivity contribution >= 4 is 23.3 Å². The van der Waals surface area contributed by atoms with E-state index in [1.165, 1.54) is 0 Å². The maximum atomic E-state index is 12.2. The molecule has 1 aliphatic heterocycles. The predicted molar refractivity (Wildman–Crippen MR) is 76.6 cm³/mol. The summed E-state index contributed by atoms with van der Waals surface area (Å²) in [6.07, 6.45) is 0.465. The van der Waals surface area contributed by atoms with Gasteiger partial charge in [0, 0.05) is 19.0 Å². The molecule has 2 amide bonds. The molecule has 0 aromatic heterocycles. The number of para-hydroxylation sites is 1. The van der Waals surface area contributed by atoms with Crippen LogP contribution in [0.15, 0.2) is 18.2 Å². The Morgan fingerprint density at radius 2 is 2.32 bits per heavy atom. The first-order chi connectivity index (χ1) is 8.99. The van der Waals surface area contributed by atoms with Gasteiger partial charge in [0.2, 0.25) is 0 Å². The summed E-state index contributed by atoms with van der Waals surface area (Å²) in [6, 6.07) is 5.36. The fourth-order valence-corrected chi connectivity index (χ4v) is 2.61. The van der Waals surface area contributed by atoms with Gasteiger partial charge in [0.25, 0.3) is 0 Å². The van der Waals surface area contributed by atoms with Crippen LogP contribution in [-0.4, -0.2) is 35.2 Å². The minimum atomic E-state index is -0.375. The molecule has 0 saturated carbocycles. The van der Waals surface area contributed by atoms with Gasteiger partial charge in [-0.05, 0) is 31.9 Å². The largest absolute Gasteiger partial charge is 0.393 e. The van der Waals surface area contributed by atoms with Crippen molar-refractivity contribution in [2.75, 3.05) is 18.4 Å². The molecule has 2 rings (SSSR count). The lowest BCUT2D eigenvalue weighted by molar-refractivity contribution is 0.130. The Kier molecular flexibility index (Phi) is 4.32. The van der Waals surface area contributed by atoms with E-state index in [2.05, 4.69) is 5.32 Å². The van der Waals surface area contributed by atoms with Crippen LogP contribution in [0.5, 0.6) is 0 Å². The number of hydrogen-bond acceptors (Lipinski definition) is 2. The van der Waals surface area contributed by atoms with Gasteiger partial charge in [0.05, 0.1) is 16.8 Å². The zero-order chi connectivity index (χ0) is 14.0. The fourth-order valence-electron chi connectivity index (χ4n) is 2.34. The molecule has 0 aliphatic carbocycles. The maximum Gasteiger partial charge on any atom is 0.321 e. The number of aliphatic hydroxyl groups excluding tert-OH is 1. The molecule has 2 N–H and O–H groups in total. The Balaban J connectivity index is 2.02. The summed E-state index contributed by atoms with van der Waals surface area (Å²) in [7, 11) is 0. The minimum Gasteiger partial charge on any atom is -0.393 e. The van der Waals surface area contributed by atoms with E-state index in [1.807, 2.05) is 19.1 Å². The highest BCUT2D eigenvalue weighted by Gasteiger charge is 2.29. The van der Waals surface area contributed by atoms with Crippen molar-refractivity contribution in [3.05, 3.63) is 28.8 Å². The topological polar surface area (TPSA) is 52.6 Å². The number of urea groups is 1. The van der Waals surface area contributed by atoms with Crippen LogP contribution in [0.1, 0.15) is 18.9 Å². The number of nitrogens with zero attached hydrogens (tertiary/aromatic N) is 1. The monoisotopic (exact) mass is 282 g/mol. The third kappa shape index (κ3) is 3.19. The normalized spacial score (nSPS) is 20.4. The SMILES string of the molecule is Cc1cccc(Cl)c1NC(=O)N1CC[C@H]([C@@H](C)O)C1. The molecular formula is C14H19ClN2O2. The summed E-state index contributed by atoms with van der Waals surface area (Å²) in [5.74, 6) is 0.165. The van der Waals surface area contributed by atoms with E-state index >= 15 is 0 Å². The molecule has 104 valence electrons. The van der Waals surface area contributed by atoms with Crippen molar-refractivity contribution in [1.29, 1.82) is 0 Å². The zero-order valence-electron chi connectivity index (χ0n) is 11.2. The molecular weight excluding hydrogens is 264 g/mol. The third-order valence-corrected chi connectivity index (χ3v) is 3.96. The molecule has 1 fully saturated rings. The van der Waals surface area contributed by atoms with Crippen molar-refractivity contribution in [1.82, 2.24) is 4.90 Å². The number of carbonyl (C=O) groups excluding carboxylic acids is 1. The molecule has 1 aromatic carbocycles. The molecule has 0 unspecified atom stereocenters. The average molecular weight is 283 g/mol. The second-order valence-corrected chi connectivity index (χ2v) is 5.50. The van der Waals surface area contributed by atoms with Crippen molar-refractivity contribution in [3.8, 4) is 0 Å². The van der Waals surface area contributed by atoms with Gasteiger partial charge in [-0.3, -0.25) is 0 Å². The van der Waals surface area contributed by atoms with Crippen LogP contribution in [-0.2, 0) is 0 Å². The number of halogens is 1. The van der Waals surface area contributed by atoms with Gasteiger partial charge in [-0.15, -0.1) is 0 Å². The second kappa shape index (κ2) is 5.80. The smallest absolute Gasteiger partial charge is 0.321 e. The zero-order valence-corrected chi connectivity index (χ0v) is 11.9.